The highest BCUT2D eigenvalue weighted by Gasteiger charge is 1.99. The van der Waals surface area contributed by atoms with Crippen LogP contribution in [0, 0.1) is 10.7 Å². The molecule has 11 heavy (non-hydrogen) atoms. The van der Waals surface area contributed by atoms with Gasteiger partial charge in [-0.3, -0.25) is 0 Å². The first-order chi connectivity index (χ1) is 5.24. The van der Waals surface area contributed by atoms with Crippen LogP contribution in [0.4, 0.5) is 10.1 Å². The van der Waals surface area contributed by atoms with E-state index >= 15 is 0 Å². The second kappa shape index (κ2) is 3.30. The molecule has 1 aromatic rings. The Labute approximate surface area is 67.1 Å². The van der Waals surface area contributed by atoms with Crippen LogP contribution in [0.2, 0.25) is 5.02 Å². The molecule has 0 aliphatic heterocycles. The first kappa shape index (κ1) is 7.94. The van der Waals surface area contributed by atoms with Crippen molar-refractivity contribution in [3.63, 3.8) is 0 Å². The van der Waals surface area contributed by atoms with E-state index in [1.165, 1.54) is 12.1 Å². The van der Waals surface area contributed by atoms with Crippen molar-refractivity contribution in [2.75, 3.05) is 5.43 Å². The molecule has 0 bridgehead atoms. The van der Waals surface area contributed by atoms with E-state index in [9.17, 15) is 9.30 Å². The molecule has 0 radical (unpaired) electrons. The van der Waals surface area contributed by atoms with E-state index in [1.807, 2.05) is 0 Å². The maximum atomic E-state index is 12.5. The number of nitroso groups, excluding NO2 is 1. The zero-order chi connectivity index (χ0) is 8.27. The molecular weight excluding hydrogens is 171 g/mol. The van der Waals surface area contributed by atoms with Crippen molar-refractivity contribution >= 4 is 17.3 Å². The third kappa shape index (κ3) is 1.88. The molecule has 0 aliphatic carbocycles. The van der Waals surface area contributed by atoms with Gasteiger partial charge in [-0.1, -0.05) is 11.6 Å². The fourth-order valence-corrected chi connectivity index (χ4v) is 0.799. The quantitative estimate of drug-likeness (QED) is 0.553. The van der Waals surface area contributed by atoms with E-state index in [1.54, 1.807) is 0 Å². The monoisotopic (exact) mass is 174 g/mol. The highest BCUT2D eigenvalue weighted by atomic mass is 35.5. The molecule has 0 atom stereocenters. The minimum atomic E-state index is -0.525. The van der Waals surface area contributed by atoms with Gasteiger partial charge in [0.25, 0.3) is 0 Å². The van der Waals surface area contributed by atoms with E-state index in [4.69, 9.17) is 11.6 Å². The zero-order valence-corrected chi connectivity index (χ0v) is 6.10. The van der Waals surface area contributed by atoms with Crippen LogP contribution in [0.15, 0.2) is 23.5 Å². The van der Waals surface area contributed by atoms with Gasteiger partial charge < -0.3 is 0 Å². The van der Waals surface area contributed by atoms with Crippen molar-refractivity contribution in [1.82, 2.24) is 0 Å². The minimum absolute atomic E-state index is 0.0429. The summed E-state index contributed by atoms with van der Waals surface area (Å²) in [6.07, 6.45) is 0. The summed E-state index contributed by atoms with van der Waals surface area (Å²) < 4.78 is 12.5. The lowest BCUT2D eigenvalue weighted by Crippen LogP contribution is -1.86. The summed E-state index contributed by atoms with van der Waals surface area (Å²) >= 11 is 5.39. The Hall–Kier alpha value is -1.16. The highest BCUT2D eigenvalue weighted by Crippen LogP contribution is 2.18. The van der Waals surface area contributed by atoms with Crippen molar-refractivity contribution < 1.29 is 4.39 Å². The third-order valence-electron chi connectivity index (χ3n) is 1.09. The molecule has 0 amide bonds. The average molecular weight is 175 g/mol. The predicted octanol–water partition coefficient (Wildman–Crippen LogP) is 2.57. The fraction of sp³-hybridized carbons (Fsp3) is 0. The van der Waals surface area contributed by atoms with Gasteiger partial charge in [-0.2, -0.15) is 0 Å². The number of rotatable bonds is 2. The Balaban J connectivity index is 2.95. The van der Waals surface area contributed by atoms with Crippen LogP contribution in [-0.4, -0.2) is 0 Å². The van der Waals surface area contributed by atoms with Crippen molar-refractivity contribution in [1.29, 1.82) is 0 Å². The van der Waals surface area contributed by atoms with Crippen LogP contribution < -0.4 is 5.43 Å². The SMILES string of the molecule is O=NNc1ccc(F)c(Cl)c1. The standard InChI is InChI=1S/C6H4ClFN2O/c7-5-3-4(9-10-11)1-2-6(5)8/h1-3H,(H,9,11). The van der Waals surface area contributed by atoms with Gasteiger partial charge >= 0.3 is 0 Å². The molecular formula is C6H4ClFN2O. The molecule has 0 fully saturated rings. The van der Waals surface area contributed by atoms with Crippen LogP contribution in [0.1, 0.15) is 0 Å². The molecule has 0 aliphatic rings. The van der Waals surface area contributed by atoms with Crippen LogP contribution in [0.5, 0.6) is 0 Å². The maximum absolute atomic E-state index is 12.5. The number of benzene rings is 1. The third-order valence-corrected chi connectivity index (χ3v) is 1.38. The average Bonchev–Trinajstić information content (AvgIpc) is 1.98. The zero-order valence-electron chi connectivity index (χ0n) is 5.34. The second-order valence-corrected chi connectivity index (χ2v) is 2.24. The minimum Gasteiger partial charge on any atom is -0.242 e. The smallest absolute Gasteiger partial charge is 0.141 e. The van der Waals surface area contributed by atoms with Crippen molar-refractivity contribution in [2.24, 2.45) is 5.29 Å². The lowest BCUT2D eigenvalue weighted by molar-refractivity contribution is 0.628. The Kier molecular flexibility index (Phi) is 2.38. The summed E-state index contributed by atoms with van der Waals surface area (Å²) in [5.41, 5.74) is 2.46. The van der Waals surface area contributed by atoms with Gasteiger partial charge in [0.1, 0.15) is 5.82 Å². The molecule has 1 rings (SSSR count). The highest BCUT2D eigenvalue weighted by molar-refractivity contribution is 6.31. The number of nitrogens with zero attached hydrogens (tertiary/aromatic N) is 1. The fourth-order valence-electron chi connectivity index (χ4n) is 0.618. The van der Waals surface area contributed by atoms with Gasteiger partial charge in [0.2, 0.25) is 0 Å². The van der Waals surface area contributed by atoms with Gasteiger partial charge in [-0.05, 0) is 18.2 Å². The van der Waals surface area contributed by atoms with Crippen LogP contribution in [0.3, 0.4) is 0 Å². The number of nitrogens with one attached hydrogen (secondary N) is 1. The van der Waals surface area contributed by atoms with E-state index in [2.05, 4.69) is 10.7 Å². The summed E-state index contributed by atoms with van der Waals surface area (Å²) in [4.78, 5) is 9.67. The normalized spacial score (nSPS) is 9.27. The molecule has 0 saturated heterocycles. The summed E-state index contributed by atoms with van der Waals surface area (Å²) in [7, 11) is 0. The summed E-state index contributed by atoms with van der Waals surface area (Å²) in [5, 5.41) is 2.35. The molecule has 5 heteroatoms. The molecule has 0 saturated carbocycles. The van der Waals surface area contributed by atoms with Gasteiger partial charge in [0.15, 0.2) is 0 Å². The lowest BCUT2D eigenvalue weighted by Gasteiger charge is -1.97. The van der Waals surface area contributed by atoms with Crippen LogP contribution >= 0.6 is 11.6 Å². The largest absolute Gasteiger partial charge is 0.242 e. The van der Waals surface area contributed by atoms with Crippen molar-refractivity contribution in [2.45, 2.75) is 0 Å². The predicted molar refractivity (Wildman–Crippen MR) is 40.8 cm³/mol. The van der Waals surface area contributed by atoms with Crippen molar-refractivity contribution in [3.8, 4) is 0 Å². The van der Waals surface area contributed by atoms with E-state index in [0.717, 1.165) is 6.07 Å². The summed E-state index contributed by atoms with van der Waals surface area (Å²) in [6.45, 7) is 0. The van der Waals surface area contributed by atoms with Gasteiger partial charge in [-0.15, -0.1) is 4.91 Å². The van der Waals surface area contributed by atoms with E-state index in [-0.39, 0.29) is 5.02 Å². The van der Waals surface area contributed by atoms with E-state index < -0.39 is 5.82 Å². The van der Waals surface area contributed by atoms with Gasteiger partial charge in [-0.25, -0.2) is 9.82 Å². The summed E-state index contributed by atoms with van der Waals surface area (Å²) in [6, 6.07) is 3.79. The van der Waals surface area contributed by atoms with E-state index in [0.29, 0.717) is 5.69 Å². The molecule has 0 spiro atoms. The molecule has 58 valence electrons. The maximum Gasteiger partial charge on any atom is 0.141 e. The van der Waals surface area contributed by atoms with Crippen LogP contribution in [-0.2, 0) is 0 Å². The van der Waals surface area contributed by atoms with Gasteiger partial charge in [0, 0.05) is 0 Å². The van der Waals surface area contributed by atoms with Gasteiger partial charge in [0.05, 0.1) is 16.0 Å². The number of hydrogen-bond acceptors (Lipinski definition) is 2. The molecule has 1 aromatic carbocycles. The molecule has 0 aromatic heterocycles. The van der Waals surface area contributed by atoms with Crippen LogP contribution in [0.25, 0.3) is 0 Å². The Morgan fingerprint density at radius 1 is 1.55 bits per heavy atom. The molecule has 0 heterocycles. The first-order valence-corrected chi connectivity index (χ1v) is 3.15. The molecule has 3 nitrogen and oxygen atoms in total. The Bertz CT molecular complexity index is 279. The second-order valence-electron chi connectivity index (χ2n) is 1.83. The van der Waals surface area contributed by atoms with Crippen molar-refractivity contribution in [3.05, 3.63) is 33.9 Å². The lowest BCUT2D eigenvalue weighted by atomic mass is 10.3. The summed E-state index contributed by atoms with van der Waals surface area (Å²) in [5.74, 6) is -0.525. The Morgan fingerprint density at radius 3 is 2.82 bits per heavy atom. The Morgan fingerprint density at radius 2 is 2.27 bits per heavy atom. The number of anilines is 1. The molecule has 1 N–H and O–H groups in total. The number of halogens is 2. The number of hydrogen-bond donors (Lipinski definition) is 1. The molecule has 0 unspecified atom stereocenters. The first-order valence-electron chi connectivity index (χ1n) is 2.77. The topological polar surface area (TPSA) is 41.5 Å².